The number of nitrogens with zero attached hydrogens (tertiary/aromatic N) is 2. The standard InChI is InChI=1S/C13H14N4/c1-17(12-7-2-3-8-16-12)11-6-4-5-10(9-11)13(14)15/h2-9H,1H3,(H3,14,15). The molecule has 4 nitrogen and oxygen atoms in total. The summed E-state index contributed by atoms with van der Waals surface area (Å²) in [4.78, 5) is 6.22. The molecule has 0 saturated carbocycles. The number of amidine groups is 1. The van der Waals surface area contributed by atoms with Crippen molar-refractivity contribution in [2.75, 3.05) is 11.9 Å². The molecule has 0 radical (unpaired) electrons. The Labute approximate surface area is 100 Å². The van der Waals surface area contributed by atoms with Gasteiger partial charge in [-0.1, -0.05) is 18.2 Å². The monoisotopic (exact) mass is 226 g/mol. The summed E-state index contributed by atoms with van der Waals surface area (Å²) in [5.41, 5.74) is 7.14. The van der Waals surface area contributed by atoms with Crippen LogP contribution in [0.3, 0.4) is 0 Å². The molecule has 3 N–H and O–H groups in total. The second-order valence-electron chi connectivity index (χ2n) is 3.71. The Morgan fingerprint density at radius 2 is 2.06 bits per heavy atom. The molecule has 0 fully saturated rings. The first kappa shape index (κ1) is 11.1. The molecular weight excluding hydrogens is 212 g/mol. The summed E-state index contributed by atoms with van der Waals surface area (Å²) in [5.74, 6) is 0.925. The van der Waals surface area contributed by atoms with Crippen molar-refractivity contribution in [3.05, 3.63) is 54.2 Å². The molecule has 2 aromatic rings. The molecule has 0 atom stereocenters. The van der Waals surface area contributed by atoms with E-state index in [2.05, 4.69) is 4.98 Å². The summed E-state index contributed by atoms with van der Waals surface area (Å²) in [5, 5.41) is 7.42. The molecule has 0 spiro atoms. The quantitative estimate of drug-likeness (QED) is 0.622. The Morgan fingerprint density at radius 3 is 2.71 bits per heavy atom. The predicted octanol–water partition coefficient (Wildman–Crippen LogP) is 2.13. The van der Waals surface area contributed by atoms with Gasteiger partial charge >= 0.3 is 0 Å². The van der Waals surface area contributed by atoms with Crippen LogP contribution in [0.2, 0.25) is 0 Å². The lowest BCUT2D eigenvalue weighted by Crippen LogP contribution is -2.14. The highest BCUT2D eigenvalue weighted by atomic mass is 15.2. The highest BCUT2D eigenvalue weighted by molar-refractivity contribution is 5.95. The number of nitrogens with one attached hydrogen (secondary N) is 1. The van der Waals surface area contributed by atoms with Gasteiger partial charge in [0.25, 0.3) is 0 Å². The van der Waals surface area contributed by atoms with Gasteiger partial charge in [-0.15, -0.1) is 0 Å². The van der Waals surface area contributed by atoms with Crippen molar-refractivity contribution >= 4 is 17.3 Å². The Kier molecular flexibility index (Phi) is 3.05. The SMILES string of the molecule is CN(c1cccc(C(=N)N)c1)c1ccccn1. The molecule has 0 unspecified atom stereocenters. The summed E-state index contributed by atoms with van der Waals surface area (Å²) >= 11 is 0. The van der Waals surface area contributed by atoms with Crippen molar-refractivity contribution in [2.24, 2.45) is 5.73 Å². The van der Waals surface area contributed by atoms with Gasteiger partial charge in [-0.05, 0) is 24.3 Å². The fourth-order valence-electron chi connectivity index (χ4n) is 1.57. The van der Waals surface area contributed by atoms with Crippen molar-refractivity contribution in [2.45, 2.75) is 0 Å². The normalized spacial score (nSPS) is 9.94. The van der Waals surface area contributed by atoms with E-state index in [9.17, 15) is 0 Å². The van der Waals surface area contributed by atoms with Gasteiger partial charge in [0.15, 0.2) is 0 Å². The fraction of sp³-hybridized carbons (Fsp3) is 0.0769. The van der Waals surface area contributed by atoms with Crippen LogP contribution in [0.15, 0.2) is 48.7 Å². The number of anilines is 2. The summed E-state index contributed by atoms with van der Waals surface area (Å²) in [6, 6.07) is 13.3. The first-order valence-electron chi connectivity index (χ1n) is 5.27. The van der Waals surface area contributed by atoms with Crippen LogP contribution in [-0.4, -0.2) is 17.9 Å². The van der Waals surface area contributed by atoms with Crippen LogP contribution in [0.4, 0.5) is 11.5 Å². The lowest BCUT2D eigenvalue weighted by Gasteiger charge is -2.18. The second-order valence-corrected chi connectivity index (χ2v) is 3.71. The van der Waals surface area contributed by atoms with E-state index in [0.29, 0.717) is 5.56 Å². The molecule has 1 aromatic heterocycles. The number of hydrogen-bond acceptors (Lipinski definition) is 3. The van der Waals surface area contributed by atoms with Crippen molar-refractivity contribution < 1.29 is 0 Å². The van der Waals surface area contributed by atoms with E-state index >= 15 is 0 Å². The largest absolute Gasteiger partial charge is 0.384 e. The lowest BCUT2D eigenvalue weighted by atomic mass is 10.2. The maximum atomic E-state index is 7.42. The van der Waals surface area contributed by atoms with Crippen LogP contribution in [0, 0.1) is 5.41 Å². The molecule has 0 bridgehead atoms. The van der Waals surface area contributed by atoms with Gasteiger partial charge in [0, 0.05) is 24.5 Å². The Bertz CT molecular complexity index is 522. The average Bonchev–Trinajstić information content (AvgIpc) is 2.39. The van der Waals surface area contributed by atoms with Gasteiger partial charge in [-0.2, -0.15) is 0 Å². The minimum atomic E-state index is 0.0706. The van der Waals surface area contributed by atoms with E-state index < -0.39 is 0 Å². The number of rotatable bonds is 3. The van der Waals surface area contributed by atoms with Gasteiger partial charge in [0.05, 0.1) is 0 Å². The first-order valence-corrected chi connectivity index (χ1v) is 5.27. The Morgan fingerprint density at radius 1 is 1.24 bits per heavy atom. The van der Waals surface area contributed by atoms with Crippen molar-refractivity contribution in [1.82, 2.24) is 4.98 Å². The van der Waals surface area contributed by atoms with Crippen LogP contribution in [0.25, 0.3) is 0 Å². The third kappa shape index (κ3) is 2.42. The molecule has 4 heteroatoms. The summed E-state index contributed by atoms with van der Waals surface area (Å²) in [6.45, 7) is 0. The van der Waals surface area contributed by atoms with E-state index in [-0.39, 0.29) is 5.84 Å². The third-order valence-electron chi connectivity index (χ3n) is 2.54. The van der Waals surface area contributed by atoms with Gasteiger partial charge < -0.3 is 10.6 Å². The van der Waals surface area contributed by atoms with E-state index in [1.165, 1.54) is 0 Å². The average molecular weight is 226 g/mol. The molecule has 0 aliphatic carbocycles. The van der Waals surface area contributed by atoms with Gasteiger partial charge in [-0.25, -0.2) is 4.98 Å². The topological polar surface area (TPSA) is 66.0 Å². The van der Waals surface area contributed by atoms with Crippen molar-refractivity contribution in [1.29, 1.82) is 5.41 Å². The summed E-state index contributed by atoms with van der Waals surface area (Å²) in [6.07, 6.45) is 1.75. The minimum absolute atomic E-state index is 0.0706. The van der Waals surface area contributed by atoms with Gasteiger partial charge in [0.2, 0.25) is 0 Å². The molecule has 0 aliphatic heterocycles. The highest BCUT2D eigenvalue weighted by Gasteiger charge is 2.05. The first-order chi connectivity index (χ1) is 8.18. The second kappa shape index (κ2) is 4.65. The molecule has 1 heterocycles. The zero-order valence-electron chi connectivity index (χ0n) is 9.59. The van der Waals surface area contributed by atoms with Crippen LogP contribution in [0.5, 0.6) is 0 Å². The zero-order valence-corrected chi connectivity index (χ0v) is 9.59. The molecule has 0 aliphatic rings. The smallest absolute Gasteiger partial charge is 0.132 e. The number of hydrogen-bond donors (Lipinski definition) is 2. The van der Waals surface area contributed by atoms with Crippen molar-refractivity contribution in [3.63, 3.8) is 0 Å². The highest BCUT2D eigenvalue weighted by Crippen LogP contribution is 2.21. The van der Waals surface area contributed by atoms with E-state index in [1.807, 2.05) is 54.4 Å². The van der Waals surface area contributed by atoms with Gasteiger partial charge in [-0.3, -0.25) is 5.41 Å². The zero-order chi connectivity index (χ0) is 12.3. The van der Waals surface area contributed by atoms with Crippen molar-refractivity contribution in [3.8, 4) is 0 Å². The molecule has 1 aromatic carbocycles. The Hall–Kier alpha value is -2.36. The summed E-state index contributed by atoms with van der Waals surface area (Å²) < 4.78 is 0. The molecule has 2 rings (SSSR count). The van der Waals surface area contributed by atoms with Crippen LogP contribution in [-0.2, 0) is 0 Å². The van der Waals surface area contributed by atoms with E-state index in [1.54, 1.807) is 6.20 Å². The number of aromatic nitrogens is 1. The number of benzene rings is 1. The minimum Gasteiger partial charge on any atom is -0.384 e. The van der Waals surface area contributed by atoms with Crippen LogP contribution < -0.4 is 10.6 Å². The molecule has 86 valence electrons. The molecular formula is C13H14N4. The number of nitrogen functional groups attached to an aromatic ring is 1. The fourth-order valence-corrected chi connectivity index (χ4v) is 1.57. The molecule has 17 heavy (non-hydrogen) atoms. The molecule has 0 amide bonds. The maximum Gasteiger partial charge on any atom is 0.132 e. The van der Waals surface area contributed by atoms with Crippen LogP contribution in [0.1, 0.15) is 5.56 Å². The van der Waals surface area contributed by atoms with E-state index in [0.717, 1.165) is 11.5 Å². The molecule has 0 saturated heterocycles. The summed E-state index contributed by atoms with van der Waals surface area (Å²) in [7, 11) is 1.93. The van der Waals surface area contributed by atoms with E-state index in [4.69, 9.17) is 11.1 Å². The maximum absolute atomic E-state index is 7.42. The third-order valence-corrected chi connectivity index (χ3v) is 2.54. The predicted molar refractivity (Wildman–Crippen MR) is 69.8 cm³/mol. The number of pyridine rings is 1. The number of nitrogens with two attached hydrogens (primary N) is 1. The Balaban J connectivity index is 2.34. The van der Waals surface area contributed by atoms with Gasteiger partial charge in [0.1, 0.15) is 11.7 Å². The lowest BCUT2D eigenvalue weighted by molar-refractivity contribution is 1.13. The van der Waals surface area contributed by atoms with Crippen LogP contribution >= 0.6 is 0 Å².